The summed E-state index contributed by atoms with van der Waals surface area (Å²) in [4.78, 5) is 8.94. The van der Waals surface area contributed by atoms with Gasteiger partial charge in [0.1, 0.15) is 12.1 Å². The quantitative estimate of drug-likeness (QED) is 0.542. The number of fused-ring (bicyclic) bond motifs is 1. The topological polar surface area (TPSA) is 72.3 Å². The van der Waals surface area contributed by atoms with Crippen LogP contribution < -0.4 is 0 Å². The number of aromatic nitrogens is 6. The number of H-pyrrole nitrogens is 1. The van der Waals surface area contributed by atoms with Crippen LogP contribution in [0.4, 0.5) is 4.39 Å². The van der Waals surface area contributed by atoms with Crippen LogP contribution in [0.15, 0.2) is 42.9 Å². The predicted molar refractivity (Wildman–Crippen MR) is 112 cm³/mol. The third-order valence-corrected chi connectivity index (χ3v) is 5.77. The minimum absolute atomic E-state index is 0.248. The molecule has 1 aliphatic carbocycles. The molecule has 0 bridgehead atoms. The Morgan fingerprint density at radius 2 is 1.93 bits per heavy atom. The molecule has 3 aromatic heterocycles. The third-order valence-electron chi connectivity index (χ3n) is 5.77. The second kappa shape index (κ2) is 7.82. The SMILES string of the molecule is CCc1c(-c2ccc(F)cc2)n[nH]c1Cc1cc(-n2ncc3c2CCCC3)ncn1. The van der Waals surface area contributed by atoms with E-state index < -0.39 is 0 Å². The summed E-state index contributed by atoms with van der Waals surface area (Å²) in [6, 6.07) is 8.45. The van der Waals surface area contributed by atoms with Crippen molar-refractivity contribution in [1.29, 1.82) is 0 Å². The molecule has 0 radical (unpaired) electrons. The Morgan fingerprint density at radius 1 is 1.10 bits per heavy atom. The zero-order chi connectivity index (χ0) is 20.5. The summed E-state index contributed by atoms with van der Waals surface area (Å²) in [7, 11) is 0. The molecule has 1 aliphatic rings. The molecular weight excluding hydrogens is 379 g/mol. The van der Waals surface area contributed by atoms with E-state index in [4.69, 9.17) is 0 Å². The van der Waals surface area contributed by atoms with Crippen molar-refractivity contribution in [2.45, 2.75) is 45.4 Å². The molecule has 5 rings (SSSR count). The van der Waals surface area contributed by atoms with Crippen molar-refractivity contribution in [1.82, 2.24) is 29.9 Å². The van der Waals surface area contributed by atoms with E-state index >= 15 is 0 Å². The van der Waals surface area contributed by atoms with Crippen molar-refractivity contribution >= 4 is 0 Å². The molecule has 0 saturated carbocycles. The second-order valence-electron chi connectivity index (χ2n) is 7.67. The normalized spacial score (nSPS) is 13.4. The minimum Gasteiger partial charge on any atom is -0.281 e. The average molecular weight is 402 g/mol. The molecule has 7 heteroatoms. The van der Waals surface area contributed by atoms with Crippen LogP contribution in [0.2, 0.25) is 0 Å². The van der Waals surface area contributed by atoms with Crippen LogP contribution in [0.1, 0.15) is 48.0 Å². The second-order valence-corrected chi connectivity index (χ2v) is 7.67. The van der Waals surface area contributed by atoms with Gasteiger partial charge in [0.15, 0.2) is 5.82 Å². The average Bonchev–Trinajstić information content (AvgIpc) is 3.38. The molecule has 0 atom stereocenters. The van der Waals surface area contributed by atoms with Gasteiger partial charge in [0, 0.05) is 35.0 Å². The summed E-state index contributed by atoms with van der Waals surface area (Å²) >= 11 is 0. The molecule has 0 fully saturated rings. The number of hydrogen-bond acceptors (Lipinski definition) is 4. The number of nitrogens with one attached hydrogen (secondary N) is 1. The number of halogens is 1. The highest BCUT2D eigenvalue weighted by Gasteiger charge is 2.18. The van der Waals surface area contributed by atoms with Crippen molar-refractivity contribution in [3.05, 3.63) is 76.9 Å². The maximum Gasteiger partial charge on any atom is 0.157 e. The van der Waals surface area contributed by atoms with E-state index in [-0.39, 0.29) is 5.82 Å². The number of nitrogens with zero attached hydrogens (tertiary/aromatic N) is 5. The molecule has 30 heavy (non-hydrogen) atoms. The summed E-state index contributed by atoms with van der Waals surface area (Å²) in [6.07, 6.45) is 9.56. The number of benzene rings is 1. The lowest BCUT2D eigenvalue weighted by molar-refractivity contribution is 0.628. The van der Waals surface area contributed by atoms with Gasteiger partial charge in [0.05, 0.1) is 17.6 Å². The van der Waals surface area contributed by atoms with Crippen molar-refractivity contribution < 1.29 is 4.39 Å². The predicted octanol–water partition coefficient (Wildman–Crippen LogP) is 4.22. The maximum atomic E-state index is 13.3. The molecule has 0 spiro atoms. The first kappa shape index (κ1) is 18.7. The standard InChI is InChI=1S/C23H23FN6/c1-2-19-20(28-29-23(19)15-7-9-17(24)10-8-15)11-18-12-22(26-14-25-18)30-21-6-4-3-5-16(21)13-27-30/h7-10,12-14H,2-6,11H2,1H3,(H,28,29). The van der Waals surface area contributed by atoms with Crippen molar-refractivity contribution in [3.63, 3.8) is 0 Å². The molecule has 0 unspecified atom stereocenters. The maximum absolute atomic E-state index is 13.3. The van der Waals surface area contributed by atoms with Crippen LogP contribution in [0.25, 0.3) is 17.1 Å². The molecule has 0 saturated heterocycles. The van der Waals surface area contributed by atoms with Crippen LogP contribution in [-0.2, 0) is 25.7 Å². The zero-order valence-electron chi connectivity index (χ0n) is 16.9. The zero-order valence-corrected chi connectivity index (χ0v) is 16.9. The smallest absolute Gasteiger partial charge is 0.157 e. The van der Waals surface area contributed by atoms with E-state index in [1.54, 1.807) is 18.5 Å². The summed E-state index contributed by atoms with van der Waals surface area (Å²) in [6.45, 7) is 2.10. The largest absolute Gasteiger partial charge is 0.281 e. The molecular formula is C23H23FN6. The van der Waals surface area contributed by atoms with Gasteiger partial charge in [-0.25, -0.2) is 19.0 Å². The Morgan fingerprint density at radius 3 is 2.77 bits per heavy atom. The number of aryl methyl sites for hydroxylation is 1. The van der Waals surface area contributed by atoms with E-state index in [1.165, 1.54) is 36.2 Å². The molecule has 152 valence electrons. The van der Waals surface area contributed by atoms with Gasteiger partial charge >= 0.3 is 0 Å². The van der Waals surface area contributed by atoms with Gasteiger partial charge < -0.3 is 0 Å². The van der Waals surface area contributed by atoms with Gasteiger partial charge in [-0.3, -0.25) is 5.10 Å². The molecule has 6 nitrogen and oxygen atoms in total. The van der Waals surface area contributed by atoms with E-state index in [9.17, 15) is 4.39 Å². The fraction of sp³-hybridized carbons (Fsp3) is 0.304. The highest BCUT2D eigenvalue weighted by molar-refractivity contribution is 5.64. The van der Waals surface area contributed by atoms with Gasteiger partial charge in [0.2, 0.25) is 0 Å². The van der Waals surface area contributed by atoms with Gasteiger partial charge in [-0.05, 0) is 61.9 Å². The van der Waals surface area contributed by atoms with Crippen molar-refractivity contribution in [2.24, 2.45) is 0 Å². The van der Waals surface area contributed by atoms with Crippen molar-refractivity contribution in [2.75, 3.05) is 0 Å². The third kappa shape index (κ3) is 3.40. The molecule has 4 aromatic rings. The Kier molecular flexibility index (Phi) is 4.86. The minimum atomic E-state index is -0.248. The van der Waals surface area contributed by atoms with Gasteiger partial charge in [0.25, 0.3) is 0 Å². The lowest BCUT2D eigenvalue weighted by atomic mass is 9.98. The van der Waals surface area contributed by atoms with Crippen LogP contribution >= 0.6 is 0 Å². The molecule has 1 aromatic carbocycles. The molecule has 1 N–H and O–H groups in total. The highest BCUT2D eigenvalue weighted by Crippen LogP contribution is 2.27. The lowest BCUT2D eigenvalue weighted by Gasteiger charge is -2.13. The van der Waals surface area contributed by atoms with E-state index in [0.29, 0.717) is 6.42 Å². The summed E-state index contributed by atoms with van der Waals surface area (Å²) in [5.41, 5.74) is 7.41. The van der Waals surface area contributed by atoms with E-state index in [0.717, 1.165) is 53.3 Å². The van der Waals surface area contributed by atoms with E-state index in [2.05, 4.69) is 32.2 Å². The first-order valence-electron chi connectivity index (χ1n) is 10.4. The monoisotopic (exact) mass is 402 g/mol. The van der Waals surface area contributed by atoms with Crippen LogP contribution in [0.3, 0.4) is 0 Å². The Bertz CT molecular complexity index is 1170. The molecule has 3 heterocycles. The first-order valence-corrected chi connectivity index (χ1v) is 10.4. The number of rotatable bonds is 5. The van der Waals surface area contributed by atoms with Gasteiger partial charge in [-0.2, -0.15) is 10.2 Å². The Balaban J connectivity index is 1.45. The van der Waals surface area contributed by atoms with Crippen LogP contribution in [0, 0.1) is 5.82 Å². The summed E-state index contributed by atoms with van der Waals surface area (Å²) in [5.74, 6) is 0.557. The summed E-state index contributed by atoms with van der Waals surface area (Å²) in [5, 5.41) is 12.2. The fourth-order valence-corrected chi connectivity index (χ4v) is 4.24. The lowest BCUT2D eigenvalue weighted by Crippen LogP contribution is -2.10. The van der Waals surface area contributed by atoms with Crippen molar-refractivity contribution in [3.8, 4) is 17.1 Å². The molecule has 0 amide bonds. The van der Waals surface area contributed by atoms with E-state index in [1.807, 2.05) is 16.9 Å². The summed E-state index contributed by atoms with van der Waals surface area (Å²) < 4.78 is 15.2. The highest BCUT2D eigenvalue weighted by atomic mass is 19.1. The first-order chi connectivity index (χ1) is 14.7. The van der Waals surface area contributed by atoms with Gasteiger partial charge in [-0.1, -0.05) is 6.92 Å². The number of aromatic amines is 1. The van der Waals surface area contributed by atoms with Crippen LogP contribution in [-0.4, -0.2) is 29.9 Å². The fourth-order valence-electron chi connectivity index (χ4n) is 4.24. The van der Waals surface area contributed by atoms with Crippen LogP contribution in [0.5, 0.6) is 0 Å². The Hall–Kier alpha value is -3.35. The Labute approximate surface area is 174 Å². The van der Waals surface area contributed by atoms with Gasteiger partial charge in [-0.15, -0.1) is 0 Å². The molecule has 0 aliphatic heterocycles. The number of hydrogen-bond donors (Lipinski definition) is 1.